The van der Waals surface area contributed by atoms with E-state index in [1.807, 2.05) is 12.1 Å². The first-order valence-electron chi connectivity index (χ1n) is 5.99. The molecule has 0 unspecified atom stereocenters. The second kappa shape index (κ2) is 5.08. The fourth-order valence-electron chi connectivity index (χ4n) is 1.83. The van der Waals surface area contributed by atoms with Gasteiger partial charge in [-0.3, -0.25) is 4.98 Å². The fourth-order valence-corrected chi connectivity index (χ4v) is 1.83. The molecule has 0 aliphatic heterocycles. The molecule has 2 heterocycles. The highest BCUT2D eigenvalue weighted by atomic mass is 19.1. The molecule has 0 spiro atoms. The molecule has 20 heavy (non-hydrogen) atoms. The van der Waals surface area contributed by atoms with Crippen LogP contribution in [0, 0.1) is 5.82 Å². The summed E-state index contributed by atoms with van der Waals surface area (Å²) in [5, 5.41) is 3.84. The number of aromatic nitrogens is 3. The van der Waals surface area contributed by atoms with Gasteiger partial charge in [0, 0.05) is 24.5 Å². The molecular formula is C14H11FN4O. The zero-order chi connectivity index (χ0) is 13.9. The molecule has 0 bridgehead atoms. The van der Waals surface area contributed by atoms with E-state index in [9.17, 15) is 4.39 Å². The minimum Gasteiger partial charge on any atom is -0.399 e. The third kappa shape index (κ3) is 2.49. The summed E-state index contributed by atoms with van der Waals surface area (Å²) >= 11 is 0. The van der Waals surface area contributed by atoms with Crippen molar-refractivity contribution in [1.29, 1.82) is 0 Å². The third-order valence-corrected chi connectivity index (χ3v) is 2.77. The molecule has 5 nitrogen and oxygen atoms in total. The summed E-state index contributed by atoms with van der Waals surface area (Å²) < 4.78 is 18.8. The highest BCUT2D eigenvalue weighted by Crippen LogP contribution is 2.23. The molecule has 0 fully saturated rings. The molecule has 100 valence electrons. The van der Waals surface area contributed by atoms with E-state index >= 15 is 0 Å². The molecule has 0 aliphatic carbocycles. The van der Waals surface area contributed by atoms with Crippen molar-refractivity contribution in [2.75, 3.05) is 5.73 Å². The molecule has 0 amide bonds. The van der Waals surface area contributed by atoms with Crippen LogP contribution >= 0.6 is 0 Å². The van der Waals surface area contributed by atoms with Crippen LogP contribution in [0.2, 0.25) is 0 Å². The van der Waals surface area contributed by atoms with Gasteiger partial charge in [-0.05, 0) is 29.8 Å². The molecule has 3 rings (SSSR count). The smallest absolute Gasteiger partial charge is 0.260 e. The average Bonchev–Trinajstić information content (AvgIpc) is 2.91. The molecule has 1 aromatic carbocycles. The molecule has 0 saturated carbocycles. The second-order valence-corrected chi connectivity index (χ2v) is 4.29. The number of nitrogens with zero attached hydrogens (tertiary/aromatic N) is 3. The molecule has 6 heteroatoms. The maximum atomic E-state index is 13.7. The van der Waals surface area contributed by atoms with Crippen molar-refractivity contribution in [2.24, 2.45) is 0 Å². The Balaban J connectivity index is 1.88. The van der Waals surface area contributed by atoms with Crippen LogP contribution in [0.25, 0.3) is 11.5 Å². The molecule has 2 aromatic heterocycles. The predicted octanol–water partition coefficient (Wildman–Crippen LogP) is 2.44. The van der Waals surface area contributed by atoms with Crippen molar-refractivity contribution in [3.05, 3.63) is 59.9 Å². The van der Waals surface area contributed by atoms with E-state index in [1.165, 1.54) is 18.2 Å². The molecule has 2 N–H and O–H groups in total. The van der Waals surface area contributed by atoms with Crippen LogP contribution in [0.4, 0.5) is 10.1 Å². The molecule has 3 aromatic rings. The van der Waals surface area contributed by atoms with Crippen LogP contribution in [-0.2, 0) is 6.42 Å². The van der Waals surface area contributed by atoms with Crippen molar-refractivity contribution in [3.63, 3.8) is 0 Å². The van der Waals surface area contributed by atoms with E-state index in [1.54, 1.807) is 12.4 Å². The number of hydrogen-bond donors (Lipinski definition) is 1. The third-order valence-electron chi connectivity index (χ3n) is 2.77. The Morgan fingerprint density at radius 2 is 2.15 bits per heavy atom. The largest absolute Gasteiger partial charge is 0.399 e. The standard InChI is InChI=1S/C14H11FN4O/c15-12-4-3-10(16)7-11(12)14-18-13(19-20-14)6-9-2-1-5-17-8-9/h1-5,7-8H,6,16H2. The summed E-state index contributed by atoms with van der Waals surface area (Å²) in [6.07, 6.45) is 3.88. The van der Waals surface area contributed by atoms with Gasteiger partial charge in [-0.25, -0.2) is 4.39 Å². The Labute approximate surface area is 114 Å². The quantitative estimate of drug-likeness (QED) is 0.739. The van der Waals surface area contributed by atoms with Gasteiger partial charge >= 0.3 is 0 Å². The Morgan fingerprint density at radius 1 is 1.25 bits per heavy atom. The number of pyridine rings is 1. The minimum atomic E-state index is -0.448. The monoisotopic (exact) mass is 270 g/mol. The lowest BCUT2D eigenvalue weighted by Gasteiger charge is -1.98. The Hall–Kier alpha value is -2.76. The zero-order valence-corrected chi connectivity index (χ0v) is 10.5. The summed E-state index contributed by atoms with van der Waals surface area (Å²) in [5.74, 6) is 0.138. The Kier molecular flexibility index (Phi) is 3.12. The van der Waals surface area contributed by atoms with Crippen LogP contribution in [0.15, 0.2) is 47.2 Å². The maximum Gasteiger partial charge on any atom is 0.260 e. The first-order valence-corrected chi connectivity index (χ1v) is 5.99. The topological polar surface area (TPSA) is 77.8 Å². The van der Waals surface area contributed by atoms with Gasteiger partial charge in [0.1, 0.15) is 5.82 Å². The molecule has 0 radical (unpaired) electrons. The van der Waals surface area contributed by atoms with Gasteiger partial charge in [0.25, 0.3) is 5.89 Å². The number of anilines is 1. The van der Waals surface area contributed by atoms with E-state index in [0.29, 0.717) is 17.9 Å². The van der Waals surface area contributed by atoms with Crippen LogP contribution in [0.5, 0.6) is 0 Å². The van der Waals surface area contributed by atoms with Crippen LogP contribution < -0.4 is 5.73 Å². The van der Waals surface area contributed by atoms with E-state index in [2.05, 4.69) is 15.1 Å². The normalized spacial score (nSPS) is 10.7. The predicted molar refractivity (Wildman–Crippen MR) is 71.1 cm³/mol. The number of rotatable bonds is 3. The van der Waals surface area contributed by atoms with Crippen molar-refractivity contribution in [2.45, 2.75) is 6.42 Å². The fraction of sp³-hybridized carbons (Fsp3) is 0.0714. The lowest BCUT2D eigenvalue weighted by molar-refractivity contribution is 0.421. The van der Waals surface area contributed by atoms with E-state index in [-0.39, 0.29) is 11.5 Å². The lowest BCUT2D eigenvalue weighted by Crippen LogP contribution is -1.92. The van der Waals surface area contributed by atoms with Crippen molar-refractivity contribution in [3.8, 4) is 11.5 Å². The number of benzene rings is 1. The van der Waals surface area contributed by atoms with Gasteiger partial charge < -0.3 is 10.3 Å². The summed E-state index contributed by atoms with van der Waals surface area (Å²) in [5.41, 5.74) is 7.22. The maximum absolute atomic E-state index is 13.7. The lowest BCUT2D eigenvalue weighted by atomic mass is 10.2. The van der Waals surface area contributed by atoms with E-state index in [0.717, 1.165) is 5.56 Å². The van der Waals surface area contributed by atoms with Crippen molar-refractivity contribution < 1.29 is 8.91 Å². The molecule has 0 saturated heterocycles. The van der Waals surface area contributed by atoms with E-state index in [4.69, 9.17) is 10.3 Å². The van der Waals surface area contributed by atoms with Gasteiger partial charge in [-0.2, -0.15) is 4.98 Å². The van der Waals surface area contributed by atoms with E-state index < -0.39 is 5.82 Å². The van der Waals surface area contributed by atoms with Gasteiger partial charge in [-0.15, -0.1) is 0 Å². The number of nitrogen functional groups attached to an aromatic ring is 1. The van der Waals surface area contributed by atoms with Crippen molar-refractivity contribution in [1.82, 2.24) is 15.1 Å². The van der Waals surface area contributed by atoms with Crippen molar-refractivity contribution >= 4 is 5.69 Å². The van der Waals surface area contributed by atoms with Gasteiger partial charge in [-0.1, -0.05) is 11.2 Å². The average molecular weight is 270 g/mol. The summed E-state index contributed by atoms with van der Waals surface area (Å²) in [7, 11) is 0. The van der Waals surface area contributed by atoms with Gasteiger partial charge in [0.2, 0.25) is 0 Å². The van der Waals surface area contributed by atoms with Crippen LogP contribution in [0.3, 0.4) is 0 Å². The Bertz CT molecular complexity index is 727. The SMILES string of the molecule is Nc1ccc(F)c(-c2nc(Cc3cccnc3)no2)c1. The molecule has 0 atom stereocenters. The van der Waals surface area contributed by atoms with Gasteiger partial charge in [0.05, 0.1) is 5.56 Å². The molecular weight excluding hydrogens is 259 g/mol. The Morgan fingerprint density at radius 3 is 2.95 bits per heavy atom. The summed E-state index contributed by atoms with van der Waals surface area (Å²) in [6.45, 7) is 0. The second-order valence-electron chi connectivity index (χ2n) is 4.29. The first kappa shape index (κ1) is 12.3. The van der Waals surface area contributed by atoms with Crippen LogP contribution in [-0.4, -0.2) is 15.1 Å². The zero-order valence-electron chi connectivity index (χ0n) is 10.5. The minimum absolute atomic E-state index is 0.119. The summed E-state index contributed by atoms with van der Waals surface area (Å²) in [4.78, 5) is 8.19. The highest BCUT2D eigenvalue weighted by Gasteiger charge is 2.14. The highest BCUT2D eigenvalue weighted by molar-refractivity contribution is 5.60. The van der Waals surface area contributed by atoms with Gasteiger partial charge in [0.15, 0.2) is 5.82 Å². The number of halogens is 1. The first-order chi connectivity index (χ1) is 9.72. The number of nitrogens with two attached hydrogens (primary N) is 1. The summed E-state index contributed by atoms with van der Waals surface area (Å²) in [6, 6.07) is 7.95. The van der Waals surface area contributed by atoms with Crippen LogP contribution in [0.1, 0.15) is 11.4 Å². The molecule has 0 aliphatic rings. The number of hydrogen-bond acceptors (Lipinski definition) is 5.